The Bertz CT molecular complexity index is 334. The summed E-state index contributed by atoms with van der Waals surface area (Å²) < 4.78 is 0. The van der Waals surface area contributed by atoms with E-state index in [1.165, 1.54) is 32.1 Å². The Morgan fingerprint density at radius 3 is 2.50 bits per heavy atom. The van der Waals surface area contributed by atoms with Crippen LogP contribution in [0.25, 0.3) is 0 Å². The molecule has 1 heterocycles. The standard InChI is InChI=1S/C17H33N3O2/c1-2-3-4-5-6-7-8-11-16(21)20-14-9-10-15(20)17(22)19-13-12-18/h15H,2-14,18H2,1H3,(H,19,22). The lowest BCUT2D eigenvalue weighted by Gasteiger charge is -2.24. The molecular weight excluding hydrogens is 278 g/mol. The molecule has 1 atom stereocenters. The maximum absolute atomic E-state index is 12.3. The van der Waals surface area contributed by atoms with Crippen molar-refractivity contribution in [2.45, 2.75) is 77.2 Å². The Morgan fingerprint density at radius 1 is 1.14 bits per heavy atom. The SMILES string of the molecule is CCCCCCCCCC(=O)N1CCCC1C(=O)NCCN. The van der Waals surface area contributed by atoms with Crippen molar-refractivity contribution in [3.63, 3.8) is 0 Å². The molecule has 0 radical (unpaired) electrons. The second-order valence-corrected chi connectivity index (χ2v) is 6.20. The molecular formula is C17H33N3O2. The van der Waals surface area contributed by atoms with Crippen LogP contribution in [0.15, 0.2) is 0 Å². The van der Waals surface area contributed by atoms with E-state index in [0.29, 0.717) is 19.5 Å². The summed E-state index contributed by atoms with van der Waals surface area (Å²) in [5.41, 5.74) is 5.40. The van der Waals surface area contributed by atoms with E-state index in [0.717, 1.165) is 32.2 Å². The van der Waals surface area contributed by atoms with E-state index in [-0.39, 0.29) is 17.9 Å². The minimum atomic E-state index is -0.274. The second kappa shape index (κ2) is 11.5. The van der Waals surface area contributed by atoms with E-state index >= 15 is 0 Å². The van der Waals surface area contributed by atoms with Crippen LogP contribution in [-0.2, 0) is 9.59 Å². The van der Waals surface area contributed by atoms with Gasteiger partial charge < -0.3 is 16.0 Å². The fourth-order valence-corrected chi connectivity index (χ4v) is 3.03. The van der Waals surface area contributed by atoms with E-state index in [4.69, 9.17) is 5.73 Å². The molecule has 1 fully saturated rings. The lowest BCUT2D eigenvalue weighted by atomic mass is 10.1. The van der Waals surface area contributed by atoms with Crippen molar-refractivity contribution in [3.05, 3.63) is 0 Å². The van der Waals surface area contributed by atoms with E-state index < -0.39 is 0 Å². The smallest absolute Gasteiger partial charge is 0.242 e. The van der Waals surface area contributed by atoms with Crippen molar-refractivity contribution >= 4 is 11.8 Å². The van der Waals surface area contributed by atoms with Crippen LogP contribution in [0.1, 0.15) is 71.1 Å². The summed E-state index contributed by atoms with van der Waals surface area (Å²) >= 11 is 0. The Morgan fingerprint density at radius 2 is 1.82 bits per heavy atom. The van der Waals surface area contributed by atoms with Gasteiger partial charge in [0.15, 0.2) is 0 Å². The summed E-state index contributed by atoms with van der Waals surface area (Å²) in [5, 5.41) is 2.80. The molecule has 2 amide bonds. The van der Waals surface area contributed by atoms with Gasteiger partial charge in [-0.1, -0.05) is 45.4 Å². The third-order valence-electron chi connectivity index (χ3n) is 4.31. The molecule has 1 aliphatic heterocycles. The monoisotopic (exact) mass is 311 g/mol. The van der Waals surface area contributed by atoms with Crippen molar-refractivity contribution in [1.29, 1.82) is 0 Å². The van der Waals surface area contributed by atoms with Gasteiger partial charge in [0.2, 0.25) is 11.8 Å². The van der Waals surface area contributed by atoms with Gasteiger partial charge in [0.05, 0.1) is 0 Å². The average Bonchev–Trinajstić information content (AvgIpc) is 3.01. The Kier molecular flexibility index (Phi) is 9.87. The number of nitrogens with zero attached hydrogens (tertiary/aromatic N) is 1. The van der Waals surface area contributed by atoms with Gasteiger partial charge in [-0.3, -0.25) is 9.59 Å². The Labute approximate surface area is 135 Å². The molecule has 5 heteroatoms. The van der Waals surface area contributed by atoms with Gasteiger partial charge in [-0.2, -0.15) is 0 Å². The molecule has 0 saturated carbocycles. The van der Waals surface area contributed by atoms with Crippen molar-refractivity contribution in [2.75, 3.05) is 19.6 Å². The van der Waals surface area contributed by atoms with Crippen molar-refractivity contribution in [2.24, 2.45) is 5.73 Å². The molecule has 128 valence electrons. The zero-order valence-corrected chi connectivity index (χ0v) is 14.1. The number of carbonyl (C=O) groups is 2. The molecule has 0 spiro atoms. The van der Waals surface area contributed by atoms with E-state index in [2.05, 4.69) is 12.2 Å². The van der Waals surface area contributed by atoms with Crippen LogP contribution >= 0.6 is 0 Å². The van der Waals surface area contributed by atoms with Crippen LogP contribution in [0.5, 0.6) is 0 Å². The molecule has 5 nitrogen and oxygen atoms in total. The number of hydrogen-bond donors (Lipinski definition) is 2. The fourth-order valence-electron chi connectivity index (χ4n) is 3.03. The lowest BCUT2D eigenvalue weighted by molar-refractivity contribution is -0.138. The third-order valence-corrected chi connectivity index (χ3v) is 4.31. The maximum atomic E-state index is 12.3. The molecule has 3 N–H and O–H groups in total. The first kappa shape index (κ1) is 18.9. The summed E-state index contributed by atoms with van der Waals surface area (Å²) in [4.78, 5) is 26.1. The van der Waals surface area contributed by atoms with Gasteiger partial charge in [0.25, 0.3) is 0 Å². The molecule has 0 aromatic rings. The van der Waals surface area contributed by atoms with Crippen molar-refractivity contribution in [3.8, 4) is 0 Å². The van der Waals surface area contributed by atoms with E-state index in [1.54, 1.807) is 4.90 Å². The number of hydrogen-bond acceptors (Lipinski definition) is 3. The average molecular weight is 311 g/mol. The number of rotatable bonds is 11. The highest BCUT2D eigenvalue weighted by Crippen LogP contribution is 2.19. The van der Waals surface area contributed by atoms with E-state index in [1.807, 2.05) is 0 Å². The maximum Gasteiger partial charge on any atom is 0.242 e. The molecule has 22 heavy (non-hydrogen) atoms. The summed E-state index contributed by atoms with van der Waals surface area (Å²) in [6.45, 7) is 3.85. The molecule has 0 aromatic carbocycles. The van der Waals surface area contributed by atoms with Gasteiger partial charge in [-0.15, -0.1) is 0 Å². The summed E-state index contributed by atoms with van der Waals surface area (Å²) in [6, 6.07) is -0.274. The normalized spacial score (nSPS) is 17.7. The minimum absolute atomic E-state index is 0.0455. The second-order valence-electron chi connectivity index (χ2n) is 6.20. The third kappa shape index (κ3) is 6.77. The molecule has 0 bridgehead atoms. The predicted octanol–water partition coefficient (Wildman–Crippen LogP) is 2.19. The number of likely N-dealkylation sites (tertiary alicyclic amines) is 1. The summed E-state index contributed by atoms with van der Waals surface area (Å²) in [7, 11) is 0. The zero-order chi connectivity index (χ0) is 16.2. The summed E-state index contributed by atoms with van der Waals surface area (Å²) in [6.07, 6.45) is 10.7. The number of unbranched alkanes of at least 4 members (excludes halogenated alkanes) is 6. The zero-order valence-electron chi connectivity index (χ0n) is 14.1. The number of carbonyl (C=O) groups excluding carboxylic acids is 2. The molecule has 0 aromatic heterocycles. The van der Waals surface area contributed by atoms with Crippen LogP contribution in [0.4, 0.5) is 0 Å². The predicted molar refractivity (Wildman–Crippen MR) is 89.4 cm³/mol. The van der Waals surface area contributed by atoms with Crippen molar-refractivity contribution in [1.82, 2.24) is 10.2 Å². The van der Waals surface area contributed by atoms with Crippen LogP contribution in [0, 0.1) is 0 Å². The molecule has 1 rings (SSSR count). The largest absolute Gasteiger partial charge is 0.353 e. The fraction of sp³-hybridized carbons (Fsp3) is 0.882. The van der Waals surface area contributed by atoms with Gasteiger partial charge >= 0.3 is 0 Å². The van der Waals surface area contributed by atoms with Crippen LogP contribution in [0.3, 0.4) is 0 Å². The minimum Gasteiger partial charge on any atom is -0.353 e. The summed E-state index contributed by atoms with van der Waals surface area (Å²) in [5.74, 6) is 0.0924. The topological polar surface area (TPSA) is 75.4 Å². The van der Waals surface area contributed by atoms with Crippen molar-refractivity contribution < 1.29 is 9.59 Å². The molecule has 0 aliphatic carbocycles. The first-order valence-electron chi connectivity index (χ1n) is 8.98. The van der Waals surface area contributed by atoms with Gasteiger partial charge in [-0.05, 0) is 19.3 Å². The van der Waals surface area contributed by atoms with Gasteiger partial charge in [0, 0.05) is 26.1 Å². The number of nitrogens with one attached hydrogen (secondary N) is 1. The Balaban J connectivity index is 2.21. The highest BCUT2D eigenvalue weighted by molar-refractivity contribution is 5.88. The lowest BCUT2D eigenvalue weighted by Crippen LogP contribution is -2.46. The highest BCUT2D eigenvalue weighted by Gasteiger charge is 2.33. The number of nitrogens with two attached hydrogens (primary N) is 1. The molecule has 1 aliphatic rings. The quantitative estimate of drug-likeness (QED) is 0.574. The van der Waals surface area contributed by atoms with Gasteiger partial charge in [0.1, 0.15) is 6.04 Å². The first-order chi connectivity index (χ1) is 10.7. The van der Waals surface area contributed by atoms with Gasteiger partial charge in [-0.25, -0.2) is 0 Å². The van der Waals surface area contributed by atoms with Crippen LogP contribution < -0.4 is 11.1 Å². The number of amides is 2. The van der Waals surface area contributed by atoms with Crippen LogP contribution in [0.2, 0.25) is 0 Å². The van der Waals surface area contributed by atoms with E-state index in [9.17, 15) is 9.59 Å². The highest BCUT2D eigenvalue weighted by atomic mass is 16.2. The first-order valence-corrected chi connectivity index (χ1v) is 8.98. The van der Waals surface area contributed by atoms with Crippen LogP contribution in [-0.4, -0.2) is 42.4 Å². The molecule has 1 saturated heterocycles. The Hall–Kier alpha value is -1.10. The molecule has 1 unspecified atom stereocenters.